The van der Waals surface area contributed by atoms with E-state index < -0.39 is 0 Å². The van der Waals surface area contributed by atoms with Crippen molar-refractivity contribution < 1.29 is 4.79 Å². The first-order valence-corrected chi connectivity index (χ1v) is 16.0. The summed E-state index contributed by atoms with van der Waals surface area (Å²) in [6.45, 7) is 8.80. The van der Waals surface area contributed by atoms with Crippen molar-refractivity contribution in [2.24, 2.45) is 4.99 Å². The van der Waals surface area contributed by atoms with Crippen LogP contribution in [0, 0.1) is 6.92 Å². The Morgan fingerprint density at radius 3 is 2.77 bits per heavy atom. The Bertz CT molecular complexity index is 1300. The normalized spacial score (nSPS) is 24.5. The van der Waals surface area contributed by atoms with Gasteiger partial charge >= 0.3 is 0 Å². The van der Waals surface area contributed by atoms with Gasteiger partial charge in [-0.25, -0.2) is 0 Å². The molecule has 0 aromatic heterocycles. The van der Waals surface area contributed by atoms with Crippen molar-refractivity contribution in [3.63, 3.8) is 0 Å². The van der Waals surface area contributed by atoms with E-state index in [0.717, 1.165) is 27.6 Å². The Morgan fingerprint density at radius 2 is 2.05 bits per heavy atom. The van der Waals surface area contributed by atoms with Crippen LogP contribution in [0.2, 0.25) is 0 Å². The van der Waals surface area contributed by atoms with Crippen molar-refractivity contribution >= 4 is 35.6 Å². The zero-order chi connectivity index (χ0) is 27.6. The highest BCUT2D eigenvalue weighted by Crippen LogP contribution is 2.48. The van der Waals surface area contributed by atoms with Gasteiger partial charge in [-0.05, 0) is 72.9 Å². The largest absolute Gasteiger partial charge is 0.365 e. The van der Waals surface area contributed by atoms with E-state index in [4.69, 9.17) is 0 Å². The molecule has 2 unspecified atom stereocenters. The fourth-order valence-electron chi connectivity index (χ4n) is 5.51. The molecule has 2 atom stereocenters. The molecule has 2 fully saturated rings. The summed E-state index contributed by atoms with van der Waals surface area (Å²) in [5, 5.41) is 6.81. The SMILES string of the molecule is CC.CSc1cc(C(=O)NCC2=CC3C(=CC=C(C4=CC=CC(N5CC6(CCS6)C5)N4)N3C)C=N2)ccc1C. The summed E-state index contributed by atoms with van der Waals surface area (Å²) in [4.78, 5) is 23.4. The highest BCUT2D eigenvalue weighted by atomic mass is 32.2. The third-order valence-corrected chi connectivity index (χ3v) is 10.2. The molecular weight excluding hydrogens is 523 g/mol. The van der Waals surface area contributed by atoms with Gasteiger partial charge in [0.2, 0.25) is 0 Å². The lowest BCUT2D eigenvalue weighted by Gasteiger charge is -2.57. The fraction of sp³-hybridized carbons (Fsp3) is 0.419. The lowest BCUT2D eigenvalue weighted by Crippen LogP contribution is -2.68. The second kappa shape index (κ2) is 11.8. The summed E-state index contributed by atoms with van der Waals surface area (Å²) in [5.41, 5.74) is 6.19. The molecule has 8 heteroatoms. The van der Waals surface area contributed by atoms with Crippen LogP contribution in [0.25, 0.3) is 0 Å². The van der Waals surface area contributed by atoms with Crippen LogP contribution in [0.15, 0.2) is 87.2 Å². The Hall–Kier alpha value is -2.68. The third kappa shape index (κ3) is 5.65. The Balaban J connectivity index is 0.00000151. The maximum atomic E-state index is 12.8. The molecule has 5 aliphatic heterocycles. The summed E-state index contributed by atoms with van der Waals surface area (Å²) in [6.07, 6.45) is 18.6. The highest BCUT2D eigenvalue weighted by molar-refractivity contribution is 8.02. The standard InChI is InChI=1S/C29H33N5OS2.C2H6/c1-19-7-8-20(13-26(19)36-3)28(35)31-16-22-14-25-21(15-30-22)9-10-24(33(25)2)23-5-4-6-27(32-23)34-17-29(18-34)11-12-37-29;1-2/h4-10,13-15,25,27,32H,11-12,16-18H2,1-3H3,(H,31,35);1-2H3. The van der Waals surface area contributed by atoms with Crippen molar-refractivity contribution in [1.29, 1.82) is 0 Å². The molecule has 0 bridgehead atoms. The molecule has 0 radical (unpaired) electrons. The number of nitrogens with one attached hydrogen (secondary N) is 2. The van der Waals surface area contributed by atoms with Gasteiger partial charge in [0, 0.05) is 41.6 Å². The second-order valence-corrected chi connectivity index (χ2v) is 12.7. The van der Waals surface area contributed by atoms with Gasteiger partial charge in [0.25, 0.3) is 5.91 Å². The van der Waals surface area contributed by atoms with Crippen LogP contribution in [0.1, 0.15) is 36.2 Å². The minimum absolute atomic E-state index is 0.0761. The number of carbonyl (C=O) groups is 1. The number of benzene rings is 1. The molecule has 0 aliphatic carbocycles. The smallest absolute Gasteiger partial charge is 0.251 e. The first-order valence-electron chi connectivity index (χ1n) is 13.8. The molecule has 5 heterocycles. The van der Waals surface area contributed by atoms with E-state index in [9.17, 15) is 4.79 Å². The zero-order valence-electron chi connectivity index (χ0n) is 23.5. The third-order valence-electron chi connectivity index (χ3n) is 7.88. The van der Waals surface area contributed by atoms with Crippen LogP contribution in [0.5, 0.6) is 0 Å². The number of carbonyl (C=O) groups excluding carboxylic acids is 1. The molecule has 6 rings (SSSR count). The average Bonchev–Trinajstić information content (AvgIpc) is 2.92. The minimum atomic E-state index is -0.0761. The Labute approximate surface area is 241 Å². The van der Waals surface area contributed by atoms with Gasteiger partial charge in [-0.15, -0.1) is 11.8 Å². The predicted octanol–water partition coefficient (Wildman–Crippen LogP) is 5.13. The molecule has 1 spiro atoms. The summed E-state index contributed by atoms with van der Waals surface area (Å²) >= 11 is 3.79. The molecule has 2 N–H and O–H groups in total. The molecule has 1 amide bonds. The summed E-state index contributed by atoms with van der Waals surface area (Å²) in [5.74, 6) is 1.24. The van der Waals surface area contributed by atoms with Gasteiger partial charge in [-0.1, -0.05) is 32.1 Å². The van der Waals surface area contributed by atoms with Crippen LogP contribution in [-0.2, 0) is 0 Å². The monoisotopic (exact) mass is 561 g/mol. The number of likely N-dealkylation sites (N-methyl/N-ethyl adjacent to an activating group) is 1. The van der Waals surface area contributed by atoms with E-state index in [1.807, 2.05) is 44.5 Å². The predicted molar refractivity (Wildman–Crippen MR) is 166 cm³/mol. The molecule has 39 heavy (non-hydrogen) atoms. The van der Waals surface area contributed by atoms with Crippen molar-refractivity contribution in [1.82, 2.24) is 20.4 Å². The summed E-state index contributed by atoms with van der Waals surface area (Å²) < 4.78 is 0.532. The number of amides is 1. The van der Waals surface area contributed by atoms with Gasteiger partial charge in [0.05, 0.1) is 35.8 Å². The highest BCUT2D eigenvalue weighted by Gasteiger charge is 2.50. The second-order valence-electron chi connectivity index (χ2n) is 10.3. The molecule has 2 saturated heterocycles. The molecular formula is C31H39N5OS2. The topological polar surface area (TPSA) is 60.0 Å². The summed E-state index contributed by atoms with van der Waals surface area (Å²) in [7, 11) is 2.13. The van der Waals surface area contributed by atoms with E-state index in [1.54, 1.807) is 11.8 Å². The van der Waals surface area contributed by atoms with Crippen LogP contribution >= 0.6 is 23.5 Å². The van der Waals surface area contributed by atoms with Gasteiger partial charge < -0.3 is 15.5 Å². The van der Waals surface area contributed by atoms with Crippen LogP contribution in [0.3, 0.4) is 0 Å². The maximum absolute atomic E-state index is 12.8. The maximum Gasteiger partial charge on any atom is 0.251 e. The van der Waals surface area contributed by atoms with Gasteiger partial charge in [0.15, 0.2) is 0 Å². The van der Waals surface area contributed by atoms with Crippen molar-refractivity contribution in [2.45, 2.75) is 49.0 Å². The number of hydrogen-bond donors (Lipinski definition) is 2. The lowest BCUT2D eigenvalue weighted by atomic mass is 9.93. The molecule has 1 aromatic carbocycles. The van der Waals surface area contributed by atoms with E-state index in [-0.39, 0.29) is 18.1 Å². The molecule has 206 valence electrons. The Morgan fingerprint density at radius 1 is 1.26 bits per heavy atom. The quantitative estimate of drug-likeness (QED) is 0.470. The van der Waals surface area contributed by atoms with E-state index in [1.165, 1.54) is 30.8 Å². The van der Waals surface area contributed by atoms with Crippen LogP contribution in [0.4, 0.5) is 0 Å². The van der Waals surface area contributed by atoms with Crippen LogP contribution in [-0.4, -0.2) is 77.6 Å². The zero-order valence-corrected chi connectivity index (χ0v) is 25.2. The summed E-state index contributed by atoms with van der Waals surface area (Å²) in [6, 6.07) is 5.92. The number of thioether (sulfide) groups is 2. The van der Waals surface area contributed by atoms with Gasteiger partial charge in [-0.3, -0.25) is 14.7 Å². The molecule has 0 saturated carbocycles. The van der Waals surface area contributed by atoms with E-state index >= 15 is 0 Å². The fourth-order valence-corrected chi connectivity index (χ4v) is 7.44. The number of aryl methyl sites for hydroxylation is 1. The number of hydrogen-bond acceptors (Lipinski definition) is 7. The molecule has 5 aliphatic rings. The number of fused-ring (bicyclic) bond motifs is 1. The van der Waals surface area contributed by atoms with E-state index in [0.29, 0.717) is 16.9 Å². The van der Waals surface area contributed by atoms with Gasteiger partial charge in [-0.2, -0.15) is 11.8 Å². The number of rotatable bonds is 6. The van der Waals surface area contributed by atoms with Crippen molar-refractivity contribution in [3.8, 4) is 0 Å². The van der Waals surface area contributed by atoms with Crippen molar-refractivity contribution in [2.75, 3.05) is 38.7 Å². The van der Waals surface area contributed by atoms with E-state index in [2.05, 4.69) is 87.6 Å². The number of dihydropyridines is 1. The van der Waals surface area contributed by atoms with Crippen molar-refractivity contribution in [3.05, 3.63) is 88.4 Å². The number of likely N-dealkylation sites (tertiary alicyclic amines) is 1. The number of aliphatic imine (C=N–C) groups is 1. The first kappa shape index (κ1) is 27.9. The van der Waals surface area contributed by atoms with Crippen LogP contribution < -0.4 is 10.6 Å². The number of allylic oxidation sites excluding steroid dienone is 4. The minimum Gasteiger partial charge on any atom is -0.365 e. The number of nitrogens with zero attached hydrogens (tertiary/aromatic N) is 3. The van der Waals surface area contributed by atoms with Gasteiger partial charge in [0.1, 0.15) is 0 Å². The lowest BCUT2D eigenvalue weighted by molar-refractivity contribution is 0.0754. The average molecular weight is 562 g/mol. The molecule has 1 aromatic rings. The molecule has 6 nitrogen and oxygen atoms in total. The Kier molecular flexibility index (Phi) is 8.45. The first-order chi connectivity index (χ1) is 18.9.